The molecule has 0 aromatic heterocycles. The van der Waals surface area contributed by atoms with Gasteiger partial charge in [-0.1, -0.05) is 62.9 Å². The van der Waals surface area contributed by atoms with E-state index in [0.29, 0.717) is 28.7 Å². The van der Waals surface area contributed by atoms with Gasteiger partial charge in [-0.15, -0.1) is 0 Å². The van der Waals surface area contributed by atoms with Crippen molar-refractivity contribution in [1.82, 2.24) is 15.1 Å². The predicted octanol–water partition coefficient (Wildman–Crippen LogP) is 2.68. The first-order valence-electron chi connectivity index (χ1n) is 15.1. The number of hydrogen-bond acceptors (Lipinski definition) is 7. The average molecular weight is 610 g/mol. The summed E-state index contributed by atoms with van der Waals surface area (Å²) in [4.78, 5) is 20.1. The summed E-state index contributed by atoms with van der Waals surface area (Å²) in [7, 11) is -3.65. The molecule has 4 N–H and O–H groups in total. The van der Waals surface area contributed by atoms with Gasteiger partial charge in [0.25, 0.3) is 0 Å². The van der Waals surface area contributed by atoms with Crippen LogP contribution in [0.1, 0.15) is 51.7 Å². The van der Waals surface area contributed by atoms with Crippen LogP contribution in [-0.4, -0.2) is 67.0 Å². The van der Waals surface area contributed by atoms with E-state index in [0.717, 1.165) is 12.0 Å². The number of nitrogens with one attached hydrogen (secondary N) is 2. The minimum absolute atomic E-state index is 0.0499. The highest BCUT2D eigenvalue weighted by Crippen LogP contribution is 2.61. The number of hydroxylamine groups is 2. The van der Waals surface area contributed by atoms with Crippen LogP contribution >= 0.6 is 0 Å². The minimum atomic E-state index is -3.65. The van der Waals surface area contributed by atoms with E-state index in [1.165, 1.54) is 18.6 Å². The Kier molecular flexibility index (Phi) is 9.33. The lowest BCUT2D eigenvalue weighted by molar-refractivity contribution is -0.183. The number of aliphatic hydroxyl groups is 2. The summed E-state index contributed by atoms with van der Waals surface area (Å²) in [6, 6.07) is 14.8. The number of aliphatic hydroxyl groups excluding tert-OH is 2. The molecule has 1 aliphatic heterocycles. The monoisotopic (exact) mass is 609 g/mol. The highest BCUT2D eigenvalue weighted by molar-refractivity contribution is 7.89. The zero-order valence-electron chi connectivity index (χ0n) is 25.2. The molecule has 2 aromatic rings. The van der Waals surface area contributed by atoms with Crippen LogP contribution in [0.2, 0.25) is 0 Å². The van der Waals surface area contributed by atoms with Crippen LogP contribution in [0.3, 0.4) is 0 Å². The van der Waals surface area contributed by atoms with E-state index < -0.39 is 34.2 Å². The molecule has 0 spiro atoms. The van der Waals surface area contributed by atoms with E-state index in [1.807, 2.05) is 24.3 Å². The van der Waals surface area contributed by atoms with Crippen molar-refractivity contribution >= 4 is 15.9 Å². The Labute approximate surface area is 255 Å². The van der Waals surface area contributed by atoms with Crippen LogP contribution in [0.25, 0.3) is 0 Å². The standard InChI is InChI=1S/C33H43N3O6S/c1-21-27-17-25(33(27,3)4)18-28(21)35-32(39)31-30(22(2)38)29(20-37)42-36(31)19-24-11-8-10-23(16-24)12-9-15-34-43(40,41)26-13-6-5-7-14-26/h5-8,10-11,13-14,16,21-22,25,27-31,34,37-38H,15,17-20H2,1-4H3,(H,35,39)/t21-,22+,25?,27?,28+,29+,30-,31+/m1/s1. The Morgan fingerprint density at radius 1 is 1.16 bits per heavy atom. The lowest BCUT2D eigenvalue weighted by Gasteiger charge is -2.62. The van der Waals surface area contributed by atoms with Crippen molar-refractivity contribution in [2.75, 3.05) is 13.2 Å². The Balaban J connectivity index is 1.27. The second-order valence-corrected chi connectivity index (χ2v) is 14.6. The molecule has 2 unspecified atom stereocenters. The van der Waals surface area contributed by atoms with Gasteiger partial charge in [0.2, 0.25) is 15.9 Å². The quantitative estimate of drug-likeness (QED) is 0.322. The summed E-state index contributed by atoms with van der Waals surface area (Å²) >= 11 is 0. The number of hydrogen-bond donors (Lipinski definition) is 4. The summed E-state index contributed by atoms with van der Waals surface area (Å²) in [6.07, 6.45) is 0.563. The number of fused-ring (bicyclic) bond motifs is 2. The second-order valence-electron chi connectivity index (χ2n) is 12.9. The molecule has 6 rings (SSSR count). The lowest BCUT2D eigenvalue weighted by atomic mass is 9.45. The van der Waals surface area contributed by atoms with Gasteiger partial charge in [0.15, 0.2) is 0 Å². The molecule has 0 radical (unpaired) electrons. The molecule has 9 nitrogen and oxygen atoms in total. The molecule has 4 aliphatic rings. The van der Waals surface area contributed by atoms with Crippen LogP contribution < -0.4 is 10.0 Å². The molecular weight excluding hydrogens is 566 g/mol. The number of carbonyl (C=O) groups excluding carboxylic acids is 1. The highest BCUT2D eigenvalue weighted by atomic mass is 32.2. The van der Waals surface area contributed by atoms with E-state index >= 15 is 0 Å². The number of benzene rings is 2. The molecule has 1 amide bonds. The molecule has 2 aromatic carbocycles. The topological polar surface area (TPSA) is 128 Å². The maximum Gasteiger partial charge on any atom is 0.241 e. The lowest BCUT2D eigenvalue weighted by Crippen LogP contribution is -2.62. The molecule has 43 heavy (non-hydrogen) atoms. The first kappa shape index (κ1) is 31.6. The first-order chi connectivity index (χ1) is 20.4. The van der Waals surface area contributed by atoms with Crippen molar-refractivity contribution in [1.29, 1.82) is 0 Å². The second kappa shape index (κ2) is 12.7. The number of rotatable bonds is 9. The summed E-state index contributed by atoms with van der Waals surface area (Å²) in [6.45, 7) is 8.37. The normalized spacial score (nSPS) is 30.5. The van der Waals surface area contributed by atoms with E-state index in [1.54, 1.807) is 30.2 Å². The van der Waals surface area contributed by atoms with E-state index in [4.69, 9.17) is 4.84 Å². The summed E-state index contributed by atoms with van der Waals surface area (Å²) in [5.74, 6) is 6.57. The van der Waals surface area contributed by atoms with Crippen molar-refractivity contribution in [3.63, 3.8) is 0 Å². The van der Waals surface area contributed by atoms with Gasteiger partial charge in [-0.3, -0.25) is 9.63 Å². The van der Waals surface area contributed by atoms with Crippen LogP contribution in [0.5, 0.6) is 0 Å². The third-order valence-corrected chi connectivity index (χ3v) is 11.4. The molecule has 3 saturated carbocycles. The van der Waals surface area contributed by atoms with Gasteiger partial charge in [0.05, 0.1) is 30.7 Å². The van der Waals surface area contributed by atoms with Gasteiger partial charge in [0.1, 0.15) is 12.1 Å². The molecule has 1 heterocycles. The fraction of sp³-hybridized carbons (Fsp3) is 0.545. The van der Waals surface area contributed by atoms with Crippen molar-refractivity contribution in [3.05, 3.63) is 65.7 Å². The van der Waals surface area contributed by atoms with Gasteiger partial charge in [0, 0.05) is 17.5 Å². The number of amides is 1. The van der Waals surface area contributed by atoms with Crippen LogP contribution in [0, 0.1) is 40.9 Å². The molecule has 1 saturated heterocycles. The van der Waals surface area contributed by atoms with E-state index in [-0.39, 0.29) is 36.5 Å². The Morgan fingerprint density at radius 3 is 2.56 bits per heavy atom. The predicted molar refractivity (Wildman–Crippen MR) is 163 cm³/mol. The molecule has 3 aliphatic carbocycles. The van der Waals surface area contributed by atoms with Crippen molar-refractivity contribution < 1.29 is 28.3 Å². The number of carbonyl (C=O) groups is 1. The van der Waals surface area contributed by atoms with Crippen molar-refractivity contribution in [3.8, 4) is 11.8 Å². The van der Waals surface area contributed by atoms with Gasteiger partial charge < -0.3 is 15.5 Å². The maximum atomic E-state index is 13.8. The van der Waals surface area contributed by atoms with Gasteiger partial charge in [-0.2, -0.15) is 9.79 Å². The fourth-order valence-corrected chi connectivity index (χ4v) is 8.32. The fourth-order valence-electron chi connectivity index (χ4n) is 7.37. The van der Waals surface area contributed by atoms with Gasteiger partial charge in [-0.25, -0.2) is 8.42 Å². The third kappa shape index (κ3) is 6.53. The SMILES string of the molecule is C[C@H](O)[C@@H]1[C@H](CO)ON(Cc2cccc(C#CCNS(=O)(=O)c3ccccc3)c2)[C@@H]1C(=O)N[C@H]1CC2CC([C@H]1C)C2(C)C. The Bertz CT molecular complexity index is 1470. The number of sulfonamides is 1. The molecule has 2 bridgehead atoms. The smallest absolute Gasteiger partial charge is 0.241 e. The summed E-state index contributed by atoms with van der Waals surface area (Å²) < 4.78 is 27.3. The van der Waals surface area contributed by atoms with Crippen LogP contribution in [-0.2, 0) is 26.2 Å². The van der Waals surface area contributed by atoms with Crippen molar-refractivity contribution in [2.45, 2.75) is 76.3 Å². The van der Waals surface area contributed by atoms with Crippen molar-refractivity contribution in [2.24, 2.45) is 29.1 Å². The van der Waals surface area contributed by atoms with Gasteiger partial charge >= 0.3 is 0 Å². The molecule has 4 fully saturated rings. The molecular formula is C33H43N3O6S. The zero-order chi connectivity index (χ0) is 30.9. The maximum absolute atomic E-state index is 13.8. The van der Waals surface area contributed by atoms with Crippen LogP contribution in [0.4, 0.5) is 0 Å². The molecule has 8 atom stereocenters. The molecule has 232 valence electrons. The first-order valence-corrected chi connectivity index (χ1v) is 16.6. The summed E-state index contributed by atoms with van der Waals surface area (Å²) in [5.41, 5.74) is 1.81. The average Bonchev–Trinajstić information content (AvgIpc) is 3.35. The van der Waals surface area contributed by atoms with Crippen LogP contribution in [0.15, 0.2) is 59.5 Å². The van der Waals surface area contributed by atoms with E-state index in [9.17, 15) is 23.4 Å². The molecule has 10 heteroatoms. The highest BCUT2D eigenvalue weighted by Gasteiger charge is 2.57. The Morgan fingerprint density at radius 2 is 1.91 bits per heavy atom. The largest absolute Gasteiger partial charge is 0.394 e. The number of nitrogens with zero attached hydrogens (tertiary/aromatic N) is 1. The third-order valence-electron chi connectivity index (χ3n) is 9.96. The van der Waals surface area contributed by atoms with E-state index in [2.05, 4.69) is 42.7 Å². The minimum Gasteiger partial charge on any atom is -0.394 e. The van der Waals surface area contributed by atoms with Gasteiger partial charge in [-0.05, 0) is 72.8 Å². The zero-order valence-corrected chi connectivity index (χ0v) is 26.0. The Hall–Kier alpha value is -2.78. The summed E-state index contributed by atoms with van der Waals surface area (Å²) in [5, 5.41) is 25.6.